The van der Waals surface area contributed by atoms with E-state index in [9.17, 15) is 0 Å². The molecule has 1 nitrogen and oxygen atoms in total. The quantitative estimate of drug-likeness (QED) is 0.796. The highest BCUT2D eigenvalue weighted by molar-refractivity contribution is 5.38. The first kappa shape index (κ1) is 10.7. The predicted octanol–water partition coefficient (Wildman–Crippen LogP) is 3.44. The molecule has 0 aliphatic heterocycles. The molecule has 0 heterocycles. The molecule has 0 bridgehead atoms. The Morgan fingerprint density at radius 3 is 2.47 bits per heavy atom. The van der Waals surface area contributed by atoms with Crippen LogP contribution in [0.3, 0.4) is 0 Å². The van der Waals surface area contributed by atoms with E-state index in [0.717, 1.165) is 18.8 Å². The molecule has 2 atom stereocenters. The number of rotatable bonds is 4. The summed E-state index contributed by atoms with van der Waals surface area (Å²) in [5.41, 5.74) is 3.10. The van der Waals surface area contributed by atoms with Crippen LogP contribution in [0.1, 0.15) is 55.6 Å². The average Bonchev–Trinajstić information content (AvgIpc) is 2.65. The van der Waals surface area contributed by atoms with Gasteiger partial charge in [-0.1, -0.05) is 31.2 Å². The number of benzene rings is 1. The van der Waals surface area contributed by atoms with Gasteiger partial charge in [0, 0.05) is 6.61 Å². The van der Waals surface area contributed by atoms with Crippen LogP contribution in [0.4, 0.5) is 0 Å². The second kappa shape index (κ2) is 4.80. The lowest BCUT2D eigenvalue weighted by Gasteiger charge is -2.10. The molecule has 1 N–H and O–H groups in total. The lowest BCUT2D eigenvalue weighted by molar-refractivity contribution is 0.278. The Morgan fingerprint density at radius 2 is 1.87 bits per heavy atom. The largest absolute Gasteiger partial charge is 0.396 e. The van der Waals surface area contributed by atoms with Crippen molar-refractivity contribution in [2.24, 2.45) is 0 Å². The molecule has 2 rings (SSSR count). The van der Waals surface area contributed by atoms with Gasteiger partial charge < -0.3 is 5.11 Å². The first-order valence-corrected chi connectivity index (χ1v) is 6.06. The Hall–Kier alpha value is -0.820. The van der Waals surface area contributed by atoms with Gasteiger partial charge in [0.2, 0.25) is 0 Å². The maximum Gasteiger partial charge on any atom is 0.0431 e. The van der Waals surface area contributed by atoms with Gasteiger partial charge in [0.05, 0.1) is 0 Å². The molecule has 1 heteroatoms. The summed E-state index contributed by atoms with van der Waals surface area (Å²) in [5, 5.41) is 8.90. The first-order chi connectivity index (χ1) is 7.36. The third-order valence-electron chi connectivity index (χ3n) is 3.65. The highest BCUT2D eigenvalue weighted by Crippen LogP contribution is 2.45. The Morgan fingerprint density at radius 1 is 1.20 bits per heavy atom. The summed E-state index contributed by atoms with van der Waals surface area (Å²) >= 11 is 0. The molecule has 82 valence electrons. The van der Waals surface area contributed by atoms with Crippen LogP contribution >= 0.6 is 0 Å². The van der Waals surface area contributed by atoms with Crippen LogP contribution in [0.2, 0.25) is 0 Å². The van der Waals surface area contributed by atoms with Gasteiger partial charge in [-0.15, -0.1) is 0 Å². The summed E-state index contributed by atoms with van der Waals surface area (Å²) in [6.45, 7) is 2.60. The molecule has 0 unspecified atom stereocenters. The van der Waals surface area contributed by atoms with Crippen LogP contribution in [-0.4, -0.2) is 11.7 Å². The molecule has 1 aromatic carbocycles. The summed E-state index contributed by atoms with van der Waals surface area (Å²) in [7, 11) is 0. The van der Waals surface area contributed by atoms with Crippen molar-refractivity contribution in [2.45, 2.75) is 44.4 Å². The molecule has 0 amide bonds. The van der Waals surface area contributed by atoms with Gasteiger partial charge >= 0.3 is 0 Å². The van der Waals surface area contributed by atoms with Gasteiger partial charge in [0.15, 0.2) is 0 Å². The second-order valence-corrected chi connectivity index (χ2v) is 4.53. The third kappa shape index (κ3) is 2.07. The summed E-state index contributed by atoms with van der Waals surface area (Å²) in [4.78, 5) is 0. The first-order valence-electron chi connectivity index (χ1n) is 6.06. The topological polar surface area (TPSA) is 20.2 Å². The highest BCUT2D eigenvalue weighted by Gasteiger charge is 2.28. The number of hydrogen-bond donors (Lipinski definition) is 1. The standard InChI is InChI=1S/C14H20O/c1-2-11-10-12(6-5-9-15)14-8-4-3-7-13(11)14/h3-4,7-8,11-12,15H,2,5-6,9-10H2,1H3/t11-,12+/m0/s1. The monoisotopic (exact) mass is 204 g/mol. The highest BCUT2D eigenvalue weighted by atomic mass is 16.2. The van der Waals surface area contributed by atoms with Crippen LogP contribution in [0, 0.1) is 0 Å². The zero-order valence-electron chi connectivity index (χ0n) is 9.45. The van der Waals surface area contributed by atoms with Crippen molar-refractivity contribution in [3.05, 3.63) is 35.4 Å². The smallest absolute Gasteiger partial charge is 0.0431 e. The zero-order chi connectivity index (χ0) is 10.7. The van der Waals surface area contributed by atoms with E-state index in [1.807, 2.05) is 0 Å². The van der Waals surface area contributed by atoms with Crippen molar-refractivity contribution in [2.75, 3.05) is 6.61 Å². The van der Waals surface area contributed by atoms with Crippen LogP contribution in [0.5, 0.6) is 0 Å². The summed E-state index contributed by atoms with van der Waals surface area (Å²) < 4.78 is 0. The molecule has 0 saturated carbocycles. The normalized spacial score (nSPS) is 24.1. The van der Waals surface area contributed by atoms with E-state index in [4.69, 9.17) is 5.11 Å². The van der Waals surface area contributed by atoms with E-state index in [0.29, 0.717) is 12.5 Å². The van der Waals surface area contributed by atoms with Crippen molar-refractivity contribution in [3.8, 4) is 0 Å². The van der Waals surface area contributed by atoms with E-state index in [2.05, 4.69) is 31.2 Å². The molecular formula is C14H20O. The fourth-order valence-corrected chi connectivity index (χ4v) is 2.85. The summed E-state index contributed by atoms with van der Waals surface area (Å²) in [6, 6.07) is 8.84. The molecule has 1 aliphatic carbocycles. The van der Waals surface area contributed by atoms with Crippen LogP contribution in [0.25, 0.3) is 0 Å². The summed E-state index contributed by atoms with van der Waals surface area (Å²) in [6.07, 6.45) is 4.61. The molecule has 1 aliphatic rings. The molecule has 1 aromatic rings. The maximum absolute atomic E-state index is 8.90. The minimum absolute atomic E-state index is 0.329. The minimum Gasteiger partial charge on any atom is -0.396 e. The Bertz CT molecular complexity index is 319. The lowest BCUT2D eigenvalue weighted by Crippen LogP contribution is -1.95. The fourth-order valence-electron chi connectivity index (χ4n) is 2.85. The Kier molecular flexibility index (Phi) is 3.42. The second-order valence-electron chi connectivity index (χ2n) is 4.53. The fraction of sp³-hybridized carbons (Fsp3) is 0.571. The van der Waals surface area contributed by atoms with E-state index in [1.165, 1.54) is 18.4 Å². The lowest BCUT2D eigenvalue weighted by atomic mass is 9.96. The van der Waals surface area contributed by atoms with Crippen molar-refractivity contribution in [3.63, 3.8) is 0 Å². The predicted molar refractivity (Wildman–Crippen MR) is 63.2 cm³/mol. The molecule has 0 aromatic heterocycles. The van der Waals surface area contributed by atoms with Gasteiger partial charge in [0.1, 0.15) is 0 Å². The molecule has 15 heavy (non-hydrogen) atoms. The SMILES string of the molecule is CC[C@H]1C[C@@H](CCCO)c2ccccc21. The van der Waals surface area contributed by atoms with Crippen LogP contribution < -0.4 is 0 Å². The van der Waals surface area contributed by atoms with E-state index >= 15 is 0 Å². The van der Waals surface area contributed by atoms with Gasteiger partial charge in [-0.05, 0) is 48.6 Å². The third-order valence-corrected chi connectivity index (χ3v) is 3.65. The van der Waals surface area contributed by atoms with Gasteiger partial charge in [-0.3, -0.25) is 0 Å². The van der Waals surface area contributed by atoms with Crippen molar-refractivity contribution in [1.82, 2.24) is 0 Å². The van der Waals surface area contributed by atoms with E-state index in [1.54, 1.807) is 5.56 Å². The molecule has 0 radical (unpaired) electrons. The zero-order valence-corrected chi connectivity index (χ0v) is 9.45. The molecule has 0 fully saturated rings. The number of hydrogen-bond acceptors (Lipinski definition) is 1. The van der Waals surface area contributed by atoms with Crippen molar-refractivity contribution < 1.29 is 5.11 Å². The van der Waals surface area contributed by atoms with Gasteiger partial charge in [-0.25, -0.2) is 0 Å². The summed E-state index contributed by atoms with van der Waals surface area (Å²) in [5.74, 6) is 1.45. The molecule has 0 saturated heterocycles. The maximum atomic E-state index is 8.90. The number of aliphatic hydroxyl groups excluding tert-OH is 1. The van der Waals surface area contributed by atoms with Crippen molar-refractivity contribution >= 4 is 0 Å². The number of aliphatic hydroxyl groups is 1. The van der Waals surface area contributed by atoms with Gasteiger partial charge in [-0.2, -0.15) is 0 Å². The molecule has 0 spiro atoms. The average molecular weight is 204 g/mol. The minimum atomic E-state index is 0.329. The Balaban J connectivity index is 2.18. The van der Waals surface area contributed by atoms with E-state index < -0.39 is 0 Å². The van der Waals surface area contributed by atoms with Crippen LogP contribution in [-0.2, 0) is 0 Å². The van der Waals surface area contributed by atoms with Gasteiger partial charge in [0.25, 0.3) is 0 Å². The Labute approximate surface area is 92.1 Å². The van der Waals surface area contributed by atoms with Crippen molar-refractivity contribution in [1.29, 1.82) is 0 Å². The molecular weight excluding hydrogens is 184 g/mol. The number of fused-ring (bicyclic) bond motifs is 1. The van der Waals surface area contributed by atoms with Crippen LogP contribution in [0.15, 0.2) is 24.3 Å². The van der Waals surface area contributed by atoms with E-state index in [-0.39, 0.29) is 0 Å².